The van der Waals surface area contributed by atoms with Crippen LogP contribution in [0.1, 0.15) is 43.1 Å². The Morgan fingerprint density at radius 1 is 0.931 bits per heavy atom. The summed E-state index contributed by atoms with van der Waals surface area (Å²) in [5.74, 6) is -0.617. The Labute approximate surface area is 172 Å². The molecule has 29 heavy (non-hydrogen) atoms. The number of esters is 1. The minimum absolute atomic E-state index is 0.0486. The van der Waals surface area contributed by atoms with E-state index in [0.29, 0.717) is 24.4 Å². The summed E-state index contributed by atoms with van der Waals surface area (Å²) < 4.78 is 4.97. The number of hydrogen-bond acceptors (Lipinski definition) is 4. The van der Waals surface area contributed by atoms with Crippen molar-refractivity contribution in [2.75, 3.05) is 29.5 Å². The normalized spacial score (nSPS) is 10.3. The Balaban J connectivity index is 2.09. The third kappa shape index (κ3) is 5.91. The van der Waals surface area contributed by atoms with Gasteiger partial charge in [-0.1, -0.05) is 12.1 Å². The molecule has 0 spiro atoms. The predicted octanol–water partition coefficient (Wildman–Crippen LogP) is 3.97. The van der Waals surface area contributed by atoms with Crippen LogP contribution in [-0.2, 0) is 14.3 Å². The van der Waals surface area contributed by atoms with Gasteiger partial charge in [0, 0.05) is 37.8 Å². The molecule has 0 heterocycles. The third-order valence-corrected chi connectivity index (χ3v) is 4.55. The molecule has 0 aromatic heterocycles. The molecule has 2 aromatic carbocycles. The van der Waals surface area contributed by atoms with Crippen molar-refractivity contribution in [3.8, 4) is 0 Å². The summed E-state index contributed by atoms with van der Waals surface area (Å²) in [4.78, 5) is 40.0. The SMILES string of the molecule is CCOC(=O)c1ccc(N(CCC(=O)N(CC)c2cccc(C)c2)C(C)=O)cc1. The maximum atomic E-state index is 12.8. The van der Waals surface area contributed by atoms with Crippen LogP contribution < -0.4 is 9.80 Å². The van der Waals surface area contributed by atoms with Gasteiger partial charge >= 0.3 is 5.97 Å². The largest absolute Gasteiger partial charge is 0.462 e. The van der Waals surface area contributed by atoms with Crippen LogP contribution in [-0.4, -0.2) is 37.5 Å². The Bertz CT molecular complexity index is 861. The lowest BCUT2D eigenvalue weighted by Gasteiger charge is -2.25. The summed E-state index contributed by atoms with van der Waals surface area (Å²) in [6.07, 6.45) is 0.195. The molecule has 0 fully saturated rings. The van der Waals surface area contributed by atoms with Crippen LogP contribution in [0.25, 0.3) is 0 Å². The fraction of sp³-hybridized carbons (Fsp3) is 0.348. The number of ether oxygens (including phenoxy) is 1. The highest BCUT2D eigenvalue weighted by Gasteiger charge is 2.18. The van der Waals surface area contributed by atoms with Gasteiger partial charge in [-0.3, -0.25) is 9.59 Å². The predicted molar refractivity (Wildman–Crippen MR) is 114 cm³/mol. The number of anilines is 2. The first-order chi connectivity index (χ1) is 13.9. The average molecular weight is 396 g/mol. The Morgan fingerprint density at radius 2 is 1.62 bits per heavy atom. The van der Waals surface area contributed by atoms with Crippen molar-refractivity contribution in [2.45, 2.75) is 34.1 Å². The van der Waals surface area contributed by atoms with Crippen molar-refractivity contribution in [1.29, 1.82) is 0 Å². The van der Waals surface area contributed by atoms with Gasteiger partial charge < -0.3 is 14.5 Å². The second kappa shape index (κ2) is 10.4. The Hall–Kier alpha value is -3.15. The molecule has 2 aromatic rings. The zero-order valence-corrected chi connectivity index (χ0v) is 17.5. The molecule has 0 N–H and O–H groups in total. The van der Waals surface area contributed by atoms with Gasteiger partial charge in [-0.05, 0) is 62.7 Å². The fourth-order valence-corrected chi connectivity index (χ4v) is 3.10. The van der Waals surface area contributed by atoms with Crippen LogP contribution in [0, 0.1) is 6.92 Å². The zero-order chi connectivity index (χ0) is 21.4. The van der Waals surface area contributed by atoms with E-state index in [1.165, 1.54) is 11.8 Å². The molecule has 0 aliphatic carbocycles. The highest BCUT2D eigenvalue weighted by atomic mass is 16.5. The first kappa shape index (κ1) is 22.1. The van der Waals surface area contributed by atoms with Crippen molar-refractivity contribution in [1.82, 2.24) is 0 Å². The van der Waals surface area contributed by atoms with E-state index in [0.717, 1.165) is 11.3 Å². The summed E-state index contributed by atoms with van der Waals surface area (Å²) in [5.41, 5.74) is 3.00. The first-order valence-electron chi connectivity index (χ1n) is 9.79. The molecule has 0 bridgehead atoms. The molecule has 6 nitrogen and oxygen atoms in total. The number of rotatable bonds is 8. The molecular weight excluding hydrogens is 368 g/mol. The number of aryl methyl sites for hydroxylation is 1. The molecule has 0 unspecified atom stereocenters. The van der Waals surface area contributed by atoms with Gasteiger partial charge in [0.2, 0.25) is 11.8 Å². The lowest BCUT2D eigenvalue weighted by atomic mass is 10.1. The highest BCUT2D eigenvalue weighted by molar-refractivity contribution is 5.96. The van der Waals surface area contributed by atoms with Gasteiger partial charge in [-0.15, -0.1) is 0 Å². The summed E-state index contributed by atoms with van der Waals surface area (Å²) >= 11 is 0. The molecular formula is C23H28N2O4. The lowest BCUT2D eigenvalue weighted by Crippen LogP contribution is -2.36. The van der Waals surface area contributed by atoms with E-state index in [-0.39, 0.29) is 24.8 Å². The van der Waals surface area contributed by atoms with E-state index in [2.05, 4.69) is 0 Å². The summed E-state index contributed by atoms with van der Waals surface area (Å²) in [7, 11) is 0. The number of benzene rings is 2. The van der Waals surface area contributed by atoms with Gasteiger partial charge in [-0.25, -0.2) is 4.79 Å². The van der Waals surface area contributed by atoms with Crippen LogP contribution in [0.4, 0.5) is 11.4 Å². The number of carbonyl (C=O) groups is 3. The smallest absolute Gasteiger partial charge is 0.338 e. The quantitative estimate of drug-likeness (QED) is 0.633. The van der Waals surface area contributed by atoms with Gasteiger partial charge in [0.1, 0.15) is 0 Å². The van der Waals surface area contributed by atoms with E-state index in [4.69, 9.17) is 4.74 Å². The molecule has 2 rings (SSSR count). The average Bonchev–Trinajstić information content (AvgIpc) is 2.69. The molecule has 154 valence electrons. The number of amides is 2. The number of nitrogens with zero attached hydrogens (tertiary/aromatic N) is 2. The van der Waals surface area contributed by atoms with Crippen molar-refractivity contribution in [3.05, 3.63) is 59.7 Å². The van der Waals surface area contributed by atoms with E-state index >= 15 is 0 Å². The zero-order valence-electron chi connectivity index (χ0n) is 17.5. The second-order valence-corrected chi connectivity index (χ2v) is 6.67. The van der Waals surface area contributed by atoms with Crippen molar-refractivity contribution in [3.63, 3.8) is 0 Å². The van der Waals surface area contributed by atoms with Crippen LogP contribution >= 0.6 is 0 Å². The topological polar surface area (TPSA) is 66.9 Å². The van der Waals surface area contributed by atoms with Crippen LogP contribution in [0.2, 0.25) is 0 Å². The fourth-order valence-electron chi connectivity index (χ4n) is 3.10. The summed E-state index contributed by atoms with van der Waals surface area (Å²) in [6, 6.07) is 14.4. The van der Waals surface area contributed by atoms with Crippen LogP contribution in [0.3, 0.4) is 0 Å². The lowest BCUT2D eigenvalue weighted by molar-refractivity contribution is -0.118. The minimum atomic E-state index is -0.402. The summed E-state index contributed by atoms with van der Waals surface area (Å²) in [6.45, 7) is 8.23. The standard InChI is InChI=1S/C23H28N2O4/c1-5-24(21-9-7-8-17(3)16-21)22(27)14-15-25(18(4)26)20-12-10-19(11-13-20)23(28)29-6-2/h7-13,16H,5-6,14-15H2,1-4H3. The van der Waals surface area contributed by atoms with Crippen molar-refractivity contribution < 1.29 is 19.1 Å². The van der Waals surface area contributed by atoms with E-state index in [9.17, 15) is 14.4 Å². The van der Waals surface area contributed by atoms with Crippen LogP contribution in [0.15, 0.2) is 48.5 Å². The van der Waals surface area contributed by atoms with Gasteiger partial charge in [0.15, 0.2) is 0 Å². The number of hydrogen-bond donors (Lipinski definition) is 0. The maximum absolute atomic E-state index is 12.8. The molecule has 6 heteroatoms. The molecule has 0 saturated carbocycles. The van der Waals surface area contributed by atoms with Gasteiger partial charge in [0.05, 0.1) is 12.2 Å². The van der Waals surface area contributed by atoms with E-state index < -0.39 is 5.97 Å². The maximum Gasteiger partial charge on any atom is 0.338 e. The first-order valence-corrected chi connectivity index (χ1v) is 9.79. The Kier molecular flexibility index (Phi) is 7.95. The molecule has 0 aliphatic heterocycles. The molecule has 2 amide bonds. The molecule has 0 atom stereocenters. The molecule has 0 aliphatic rings. The van der Waals surface area contributed by atoms with E-state index in [1.54, 1.807) is 36.1 Å². The van der Waals surface area contributed by atoms with Crippen LogP contribution in [0.5, 0.6) is 0 Å². The second-order valence-electron chi connectivity index (χ2n) is 6.67. The highest BCUT2D eigenvalue weighted by Crippen LogP contribution is 2.19. The molecule has 0 radical (unpaired) electrons. The van der Waals surface area contributed by atoms with Gasteiger partial charge in [0.25, 0.3) is 0 Å². The minimum Gasteiger partial charge on any atom is -0.462 e. The monoisotopic (exact) mass is 396 g/mol. The van der Waals surface area contributed by atoms with Gasteiger partial charge in [-0.2, -0.15) is 0 Å². The third-order valence-electron chi connectivity index (χ3n) is 4.55. The van der Waals surface area contributed by atoms with Crippen molar-refractivity contribution >= 4 is 29.2 Å². The van der Waals surface area contributed by atoms with E-state index in [1.807, 2.05) is 38.1 Å². The molecule has 0 saturated heterocycles. The number of carbonyl (C=O) groups excluding carboxylic acids is 3. The van der Waals surface area contributed by atoms with Crippen molar-refractivity contribution in [2.24, 2.45) is 0 Å². The Morgan fingerprint density at radius 3 is 2.17 bits per heavy atom. The summed E-state index contributed by atoms with van der Waals surface area (Å²) in [5, 5.41) is 0.